The van der Waals surface area contributed by atoms with Crippen LogP contribution < -0.4 is 10.1 Å². The third-order valence-electron chi connectivity index (χ3n) is 3.03. The van der Waals surface area contributed by atoms with E-state index in [0.29, 0.717) is 5.56 Å². The predicted octanol–water partition coefficient (Wildman–Crippen LogP) is 4.80. The summed E-state index contributed by atoms with van der Waals surface area (Å²) in [5.74, 6) is -0.202. The topological polar surface area (TPSA) is 81.5 Å². The third-order valence-corrected chi connectivity index (χ3v) is 3.41. The van der Waals surface area contributed by atoms with E-state index in [0.717, 1.165) is 5.56 Å². The quantitative estimate of drug-likeness (QED) is 0.638. The molecule has 0 atom stereocenters. The van der Waals surface area contributed by atoms with Crippen LogP contribution in [0.5, 0.6) is 5.75 Å². The smallest absolute Gasteiger partial charge is 0.403 e. The Morgan fingerprint density at radius 3 is 2.33 bits per heavy atom. The molecule has 0 spiro atoms. The molecule has 2 aromatic rings. The summed E-state index contributed by atoms with van der Waals surface area (Å²) in [6.45, 7) is 5.32. The molecule has 0 aliphatic heterocycles. The number of nitrogens with zero attached hydrogens (tertiary/aromatic N) is 1. The molecule has 0 heterocycles. The number of benzene rings is 2. The van der Waals surface area contributed by atoms with Gasteiger partial charge in [-0.05, 0) is 38.5 Å². The lowest BCUT2D eigenvalue weighted by Crippen LogP contribution is -2.42. The molecule has 0 bridgehead atoms. The number of amides is 1. The fourth-order valence-corrected chi connectivity index (χ4v) is 2.41. The fraction of sp³-hybridized carbons (Fsp3) is 0.235. The molecule has 0 aliphatic carbocycles. The molecule has 0 radical (unpaired) electrons. The number of hydrogen-bond acceptors (Lipinski definition) is 4. The van der Waals surface area contributed by atoms with E-state index in [1.165, 1.54) is 6.07 Å². The fourth-order valence-electron chi connectivity index (χ4n) is 2.07. The lowest BCUT2D eigenvalue weighted by atomic mass is 10.0. The zero-order valence-corrected chi connectivity index (χ0v) is 14.3. The first-order chi connectivity index (χ1) is 11.2. The second-order valence-corrected chi connectivity index (χ2v) is 6.54. The van der Waals surface area contributed by atoms with Crippen molar-refractivity contribution in [1.29, 1.82) is 0 Å². The van der Waals surface area contributed by atoms with Crippen molar-refractivity contribution in [2.45, 2.75) is 26.3 Å². The van der Waals surface area contributed by atoms with Gasteiger partial charge < -0.3 is 10.1 Å². The van der Waals surface area contributed by atoms with Crippen LogP contribution in [-0.4, -0.2) is 16.6 Å². The maximum absolute atomic E-state index is 11.9. The number of nitro benzene ring substituents is 1. The van der Waals surface area contributed by atoms with E-state index in [1.807, 2.05) is 6.07 Å². The molecule has 0 unspecified atom stereocenters. The zero-order chi connectivity index (χ0) is 17.9. The predicted molar refractivity (Wildman–Crippen MR) is 92.5 cm³/mol. The van der Waals surface area contributed by atoms with Gasteiger partial charge in [0.2, 0.25) is 5.75 Å². The van der Waals surface area contributed by atoms with Gasteiger partial charge in [0.05, 0.1) is 4.92 Å². The van der Waals surface area contributed by atoms with Gasteiger partial charge >= 0.3 is 11.8 Å². The molecule has 2 aromatic carbocycles. The second-order valence-electron chi connectivity index (χ2n) is 6.16. The number of hydrogen-bond donors (Lipinski definition) is 1. The van der Waals surface area contributed by atoms with Crippen LogP contribution in [0.1, 0.15) is 20.8 Å². The summed E-state index contributed by atoms with van der Waals surface area (Å²) in [5.41, 5.74) is 0.255. The van der Waals surface area contributed by atoms with E-state index >= 15 is 0 Å². The summed E-state index contributed by atoms with van der Waals surface area (Å²) in [6, 6.07) is 12.0. The molecule has 0 fully saturated rings. The Morgan fingerprint density at radius 1 is 1.17 bits per heavy atom. The average molecular weight is 349 g/mol. The third kappa shape index (κ3) is 4.23. The number of rotatable bonds is 3. The summed E-state index contributed by atoms with van der Waals surface area (Å²) in [7, 11) is 0. The lowest BCUT2D eigenvalue weighted by Gasteiger charge is -2.20. The van der Waals surface area contributed by atoms with Crippen LogP contribution in [0, 0.1) is 10.1 Å². The number of nitrogens with one attached hydrogen (secondary N) is 1. The highest BCUT2D eigenvalue weighted by Crippen LogP contribution is 2.41. The lowest BCUT2D eigenvalue weighted by molar-refractivity contribution is -0.385. The van der Waals surface area contributed by atoms with Crippen molar-refractivity contribution < 1.29 is 14.5 Å². The van der Waals surface area contributed by atoms with E-state index in [9.17, 15) is 14.9 Å². The summed E-state index contributed by atoms with van der Waals surface area (Å²) < 4.78 is 5.08. The van der Waals surface area contributed by atoms with Crippen LogP contribution in [0.15, 0.2) is 42.5 Å². The number of ether oxygens (including phenoxy) is 1. The van der Waals surface area contributed by atoms with Gasteiger partial charge in [0, 0.05) is 11.1 Å². The molecule has 126 valence electrons. The Hall–Kier alpha value is -2.60. The zero-order valence-electron chi connectivity index (χ0n) is 13.5. The van der Waals surface area contributed by atoms with E-state index in [1.54, 1.807) is 51.1 Å². The molecule has 0 saturated heterocycles. The first kappa shape index (κ1) is 17.7. The Kier molecular flexibility index (Phi) is 5.09. The Balaban J connectivity index is 2.42. The van der Waals surface area contributed by atoms with Crippen LogP contribution >= 0.6 is 11.6 Å². The summed E-state index contributed by atoms with van der Waals surface area (Å²) >= 11 is 6.21. The number of nitro groups is 1. The molecule has 0 aliphatic rings. The van der Waals surface area contributed by atoms with Gasteiger partial charge in [0.1, 0.15) is 5.02 Å². The van der Waals surface area contributed by atoms with Crippen LogP contribution in [0.2, 0.25) is 5.02 Å². The minimum absolute atomic E-state index is 0.0766. The standard InChI is InChI=1S/C17H17ClN2O4/c1-17(2,3)19-16(21)24-13-10-9-12(11-7-5-4-6-8-11)14(18)15(13)20(22)23/h4-10H,1-3H3,(H,19,21). The summed E-state index contributed by atoms with van der Waals surface area (Å²) in [5, 5.41) is 13.9. The van der Waals surface area contributed by atoms with Crippen LogP contribution in [0.4, 0.5) is 10.5 Å². The van der Waals surface area contributed by atoms with Crippen molar-refractivity contribution in [2.24, 2.45) is 0 Å². The molecular weight excluding hydrogens is 332 g/mol. The normalized spacial score (nSPS) is 11.0. The van der Waals surface area contributed by atoms with Gasteiger partial charge in [-0.15, -0.1) is 0 Å². The maximum atomic E-state index is 11.9. The van der Waals surface area contributed by atoms with Crippen molar-refractivity contribution in [1.82, 2.24) is 5.32 Å². The summed E-state index contributed by atoms with van der Waals surface area (Å²) in [4.78, 5) is 22.6. The van der Waals surface area contributed by atoms with Gasteiger partial charge in [0.15, 0.2) is 0 Å². The Bertz CT molecular complexity index is 770. The van der Waals surface area contributed by atoms with E-state index < -0.39 is 22.2 Å². The van der Waals surface area contributed by atoms with Crippen molar-refractivity contribution >= 4 is 23.4 Å². The van der Waals surface area contributed by atoms with Crippen LogP contribution in [0.25, 0.3) is 11.1 Å². The van der Waals surface area contributed by atoms with E-state index in [2.05, 4.69) is 5.32 Å². The number of carbonyl (C=O) groups excluding carboxylic acids is 1. The van der Waals surface area contributed by atoms with Crippen LogP contribution in [-0.2, 0) is 0 Å². The van der Waals surface area contributed by atoms with Crippen molar-refractivity contribution in [3.63, 3.8) is 0 Å². The molecule has 1 amide bonds. The molecule has 1 N–H and O–H groups in total. The maximum Gasteiger partial charge on any atom is 0.413 e. The molecule has 24 heavy (non-hydrogen) atoms. The second kappa shape index (κ2) is 6.88. The monoisotopic (exact) mass is 348 g/mol. The van der Waals surface area contributed by atoms with Gasteiger partial charge in [0.25, 0.3) is 0 Å². The first-order valence-corrected chi connectivity index (χ1v) is 7.59. The molecule has 0 saturated carbocycles. The van der Waals surface area contributed by atoms with Crippen LogP contribution in [0.3, 0.4) is 0 Å². The average Bonchev–Trinajstić information content (AvgIpc) is 2.45. The first-order valence-electron chi connectivity index (χ1n) is 7.21. The molecule has 6 nitrogen and oxygen atoms in total. The minimum Gasteiger partial charge on any atom is -0.403 e. The highest BCUT2D eigenvalue weighted by atomic mass is 35.5. The molecule has 0 aromatic heterocycles. The van der Waals surface area contributed by atoms with Crippen molar-refractivity contribution in [3.8, 4) is 16.9 Å². The minimum atomic E-state index is -0.783. The highest BCUT2D eigenvalue weighted by Gasteiger charge is 2.26. The molecule has 7 heteroatoms. The molecule has 2 rings (SSSR count). The largest absolute Gasteiger partial charge is 0.413 e. The van der Waals surface area contributed by atoms with Crippen molar-refractivity contribution in [2.75, 3.05) is 0 Å². The Labute approximate surface area is 144 Å². The van der Waals surface area contributed by atoms with E-state index in [-0.39, 0.29) is 10.8 Å². The SMILES string of the molecule is CC(C)(C)NC(=O)Oc1ccc(-c2ccccc2)c(Cl)c1[N+](=O)[O-]. The van der Waals surface area contributed by atoms with Crippen molar-refractivity contribution in [3.05, 3.63) is 57.6 Å². The molecular formula is C17H17ClN2O4. The Morgan fingerprint density at radius 2 is 1.79 bits per heavy atom. The number of halogens is 1. The van der Waals surface area contributed by atoms with Gasteiger partial charge in [-0.25, -0.2) is 4.79 Å². The van der Waals surface area contributed by atoms with E-state index in [4.69, 9.17) is 16.3 Å². The summed E-state index contributed by atoms with van der Waals surface area (Å²) in [6.07, 6.45) is -0.783. The highest BCUT2D eigenvalue weighted by molar-refractivity contribution is 6.35. The van der Waals surface area contributed by atoms with Gasteiger partial charge in [-0.3, -0.25) is 10.1 Å². The van der Waals surface area contributed by atoms with Gasteiger partial charge in [-0.1, -0.05) is 41.9 Å². The number of carbonyl (C=O) groups is 1. The van der Waals surface area contributed by atoms with Gasteiger partial charge in [-0.2, -0.15) is 0 Å².